The van der Waals surface area contributed by atoms with Gasteiger partial charge in [0, 0.05) is 39.9 Å². The summed E-state index contributed by atoms with van der Waals surface area (Å²) in [6, 6.07) is 21.6. The molecule has 4 atom stereocenters. The molecule has 0 aliphatic carbocycles. The molecular weight excluding hydrogens is 535 g/mol. The predicted octanol–water partition coefficient (Wildman–Crippen LogP) is 6.30. The van der Waals surface area contributed by atoms with Gasteiger partial charge < -0.3 is 24.2 Å². The Kier molecular flexibility index (Phi) is 7.41. The summed E-state index contributed by atoms with van der Waals surface area (Å²) in [5.74, 6) is -0.947. The zero-order valence-corrected chi connectivity index (χ0v) is 23.9. The molecule has 204 valence electrons. The van der Waals surface area contributed by atoms with Gasteiger partial charge in [-0.15, -0.1) is 0 Å². The predicted molar refractivity (Wildman–Crippen MR) is 153 cm³/mol. The number of benzene rings is 3. The van der Waals surface area contributed by atoms with Crippen LogP contribution in [-0.2, 0) is 21.7 Å². The largest absolute Gasteiger partial charge is 0.396 e. The lowest BCUT2D eigenvalue weighted by Gasteiger charge is -2.31. The van der Waals surface area contributed by atoms with Crippen LogP contribution in [-0.4, -0.2) is 38.0 Å². The van der Waals surface area contributed by atoms with Gasteiger partial charge in [-0.05, 0) is 67.5 Å². The molecule has 1 spiro atoms. The standard InChI is InChI=1S/C30H32ClFN2O4Si/c1-19-27(39(2,3)32)26(14-15-35)38-30(19)24-17-22(31)12-13-25(24)34(29(30)37)18-20-8-7-11-23(16-20)33-28(36)21-9-5-4-6-10-21/h4-13,16-17,19,26-27,35H,14-15,18H2,1-3H3,(H,33,36)/t19-,26+,27-,30+/m0/s1. The van der Waals surface area contributed by atoms with Crippen LogP contribution < -0.4 is 10.2 Å². The topological polar surface area (TPSA) is 78.9 Å². The molecule has 1 fully saturated rings. The fraction of sp³-hybridized carbons (Fsp3) is 0.333. The van der Waals surface area contributed by atoms with Crippen molar-refractivity contribution in [2.45, 2.75) is 50.2 Å². The van der Waals surface area contributed by atoms with Gasteiger partial charge in [0.2, 0.25) is 8.41 Å². The second-order valence-corrected chi connectivity index (χ2v) is 15.1. The number of aliphatic hydroxyl groups excluding tert-OH is 1. The van der Waals surface area contributed by atoms with Gasteiger partial charge in [-0.1, -0.05) is 48.9 Å². The number of hydrogen-bond acceptors (Lipinski definition) is 4. The van der Waals surface area contributed by atoms with Crippen molar-refractivity contribution >= 4 is 43.2 Å². The first kappa shape index (κ1) is 27.5. The highest BCUT2D eigenvalue weighted by Crippen LogP contribution is 2.60. The summed E-state index contributed by atoms with van der Waals surface area (Å²) < 4.78 is 22.2. The SMILES string of the molecule is C[C@H]1[C@H]([Si](C)(C)F)[C@@H](CCO)O[C@]12C(=O)N(Cc1cccc(NC(=O)c3ccccc3)c1)c1ccc(Cl)cc12. The summed E-state index contributed by atoms with van der Waals surface area (Å²) in [6.45, 7) is 5.21. The van der Waals surface area contributed by atoms with Crippen LogP contribution in [0.5, 0.6) is 0 Å². The highest BCUT2D eigenvalue weighted by Gasteiger charge is 2.66. The molecule has 0 radical (unpaired) electrons. The molecule has 39 heavy (non-hydrogen) atoms. The summed E-state index contributed by atoms with van der Waals surface area (Å²) >= 11 is 6.40. The molecule has 2 aliphatic heterocycles. The van der Waals surface area contributed by atoms with E-state index in [0.717, 1.165) is 5.56 Å². The minimum Gasteiger partial charge on any atom is -0.396 e. The van der Waals surface area contributed by atoms with Crippen molar-refractivity contribution in [3.8, 4) is 0 Å². The molecule has 3 aromatic rings. The zero-order chi connectivity index (χ0) is 27.9. The molecule has 0 saturated carbocycles. The molecule has 2 heterocycles. The monoisotopic (exact) mass is 566 g/mol. The summed E-state index contributed by atoms with van der Waals surface area (Å²) in [5.41, 5.74) is 1.39. The number of halogens is 2. The second-order valence-electron chi connectivity index (χ2n) is 10.9. The first-order valence-electron chi connectivity index (χ1n) is 13.1. The average Bonchev–Trinajstić information content (AvgIpc) is 3.31. The normalized spacial score (nSPS) is 24.3. The van der Waals surface area contributed by atoms with Gasteiger partial charge in [0.05, 0.1) is 18.3 Å². The molecule has 5 rings (SSSR count). The van der Waals surface area contributed by atoms with E-state index < -0.39 is 31.6 Å². The maximum Gasteiger partial charge on any atom is 0.264 e. The number of fused-ring (bicyclic) bond motifs is 2. The smallest absolute Gasteiger partial charge is 0.264 e. The Labute approximate surface area is 233 Å². The molecule has 2 aliphatic rings. The van der Waals surface area contributed by atoms with Crippen molar-refractivity contribution in [3.05, 3.63) is 94.5 Å². The lowest BCUT2D eigenvalue weighted by atomic mass is 9.82. The van der Waals surface area contributed by atoms with Crippen molar-refractivity contribution in [2.75, 3.05) is 16.8 Å². The van der Waals surface area contributed by atoms with Crippen LogP contribution in [0.25, 0.3) is 0 Å². The van der Waals surface area contributed by atoms with Crippen LogP contribution in [0.15, 0.2) is 72.8 Å². The van der Waals surface area contributed by atoms with Gasteiger partial charge >= 0.3 is 0 Å². The van der Waals surface area contributed by atoms with Crippen LogP contribution in [0.4, 0.5) is 15.5 Å². The highest BCUT2D eigenvalue weighted by molar-refractivity contribution is 6.72. The Hall–Kier alpha value is -3.04. The molecule has 0 bridgehead atoms. The number of anilines is 2. The Bertz CT molecular complexity index is 1400. The number of ether oxygens (including phenoxy) is 1. The van der Waals surface area contributed by atoms with Crippen LogP contribution >= 0.6 is 11.6 Å². The van der Waals surface area contributed by atoms with E-state index in [4.69, 9.17) is 16.3 Å². The molecule has 0 unspecified atom stereocenters. The molecule has 2 amide bonds. The summed E-state index contributed by atoms with van der Waals surface area (Å²) in [4.78, 5) is 28.6. The van der Waals surface area contributed by atoms with E-state index >= 15 is 4.11 Å². The van der Waals surface area contributed by atoms with Gasteiger partial charge in [-0.25, -0.2) is 0 Å². The van der Waals surface area contributed by atoms with Crippen molar-refractivity contribution in [1.29, 1.82) is 0 Å². The number of nitrogens with one attached hydrogen (secondary N) is 1. The number of rotatable bonds is 7. The number of amides is 2. The third-order valence-corrected chi connectivity index (χ3v) is 10.6. The van der Waals surface area contributed by atoms with E-state index in [2.05, 4.69) is 5.32 Å². The Balaban J connectivity index is 1.48. The Morgan fingerprint density at radius 3 is 2.56 bits per heavy atom. The van der Waals surface area contributed by atoms with Gasteiger partial charge in [-0.2, -0.15) is 0 Å². The van der Waals surface area contributed by atoms with E-state index in [9.17, 15) is 14.7 Å². The highest BCUT2D eigenvalue weighted by atomic mass is 35.5. The summed E-state index contributed by atoms with van der Waals surface area (Å²) in [6.07, 6.45) is -0.326. The molecule has 6 nitrogen and oxygen atoms in total. The van der Waals surface area contributed by atoms with Gasteiger partial charge in [0.15, 0.2) is 5.60 Å². The molecule has 0 aromatic heterocycles. The van der Waals surface area contributed by atoms with E-state index in [0.29, 0.717) is 27.5 Å². The maximum atomic E-state index is 15.6. The van der Waals surface area contributed by atoms with E-state index in [1.165, 1.54) is 0 Å². The molecule has 2 N–H and O–H groups in total. The van der Waals surface area contributed by atoms with Crippen LogP contribution in [0.2, 0.25) is 23.7 Å². The van der Waals surface area contributed by atoms with Crippen molar-refractivity contribution in [2.24, 2.45) is 5.92 Å². The lowest BCUT2D eigenvalue weighted by Crippen LogP contribution is -2.45. The van der Waals surface area contributed by atoms with E-state index in [1.54, 1.807) is 66.5 Å². The lowest BCUT2D eigenvalue weighted by molar-refractivity contribution is -0.146. The number of nitrogens with zero attached hydrogens (tertiary/aromatic N) is 1. The zero-order valence-electron chi connectivity index (χ0n) is 22.2. The third-order valence-electron chi connectivity index (χ3n) is 7.90. The van der Waals surface area contributed by atoms with Crippen molar-refractivity contribution in [1.82, 2.24) is 0 Å². The Morgan fingerprint density at radius 1 is 1.13 bits per heavy atom. The molecule has 3 aromatic carbocycles. The van der Waals surface area contributed by atoms with E-state index in [-0.39, 0.29) is 31.4 Å². The quantitative estimate of drug-likeness (QED) is 0.260. The number of carbonyl (C=O) groups is 2. The van der Waals surface area contributed by atoms with Crippen LogP contribution in [0.1, 0.15) is 34.8 Å². The molecule has 9 heteroatoms. The minimum atomic E-state index is -3.27. The van der Waals surface area contributed by atoms with Crippen LogP contribution in [0, 0.1) is 5.92 Å². The fourth-order valence-electron chi connectivity index (χ4n) is 6.30. The molecular formula is C30H32ClFN2O4Si. The number of hydrogen-bond donors (Lipinski definition) is 2. The van der Waals surface area contributed by atoms with E-state index in [1.807, 2.05) is 31.2 Å². The fourth-order valence-corrected chi connectivity index (χ4v) is 9.01. The van der Waals surface area contributed by atoms with Crippen molar-refractivity contribution in [3.63, 3.8) is 0 Å². The van der Waals surface area contributed by atoms with Gasteiger partial charge in [0.25, 0.3) is 11.8 Å². The van der Waals surface area contributed by atoms with Gasteiger partial charge in [-0.3, -0.25) is 9.59 Å². The maximum absolute atomic E-state index is 15.6. The minimum absolute atomic E-state index is 0.156. The first-order valence-corrected chi connectivity index (χ1v) is 16.4. The first-order chi connectivity index (χ1) is 18.6. The average molecular weight is 567 g/mol. The van der Waals surface area contributed by atoms with Crippen molar-refractivity contribution < 1.29 is 23.5 Å². The summed E-state index contributed by atoms with van der Waals surface area (Å²) in [5, 5.41) is 13.1. The number of aliphatic hydroxyl groups is 1. The summed E-state index contributed by atoms with van der Waals surface area (Å²) in [7, 11) is -3.27. The third kappa shape index (κ3) is 4.91. The van der Waals surface area contributed by atoms with Crippen LogP contribution in [0.3, 0.4) is 0 Å². The second kappa shape index (κ2) is 10.5. The molecule has 1 saturated heterocycles. The van der Waals surface area contributed by atoms with Gasteiger partial charge in [0.1, 0.15) is 0 Å². The Morgan fingerprint density at radius 2 is 1.87 bits per heavy atom. The number of carbonyl (C=O) groups excluding carboxylic acids is 2.